The number of nitrogen functional groups attached to an aromatic ring is 1. The monoisotopic (exact) mass is 239 g/mol. The Morgan fingerprint density at radius 1 is 1.22 bits per heavy atom. The minimum Gasteiger partial charge on any atom is -0.396 e. The highest BCUT2D eigenvalue weighted by Crippen LogP contribution is 2.27. The summed E-state index contributed by atoms with van der Waals surface area (Å²) in [5.41, 5.74) is 10.2. The van der Waals surface area contributed by atoms with E-state index < -0.39 is 0 Å². The minimum atomic E-state index is 0.623. The van der Waals surface area contributed by atoms with E-state index in [0.29, 0.717) is 5.69 Å². The lowest BCUT2D eigenvalue weighted by Gasteiger charge is -1.98. The maximum Gasteiger partial charge on any atom is 0.106 e. The largest absolute Gasteiger partial charge is 0.396 e. The quantitative estimate of drug-likeness (QED) is 0.719. The number of rotatable bonds is 2. The van der Waals surface area contributed by atoms with E-state index in [1.54, 1.807) is 10.9 Å². The zero-order chi connectivity index (χ0) is 12.5. The van der Waals surface area contributed by atoms with Crippen molar-refractivity contribution >= 4 is 5.69 Å². The van der Waals surface area contributed by atoms with Gasteiger partial charge in [0.05, 0.1) is 23.3 Å². The Balaban J connectivity index is 2.10. The Bertz CT molecular complexity index is 666. The standard InChI is InChI=1S/C13H13N5/c1-18-12(13-10(14)8-15-16-13)7-11(17-18)9-5-3-2-4-6-9/h2-8H,14H2,1H3,(H,15,16). The third-order valence-corrected chi connectivity index (χ3v) is 2.87. The van der Waals surface area contributed by atoms with E-state index in [1.165, 1.54) is 0 Å². The number of H-pyrrole nitrogens is 1. The van der Waals surface area contributed by atoms with Gasteiger partial charge in [-0.25, -0.2) is 0 Å². The molecule has 0 fully saturated rings. The van der Waals surface area contributed by atoms with Crippen LogP contribution in [0.25, 0.3) is 22.6 Å². The van der Waals surface area contributed by atoms with Crippen molar-refractivity contribution in [2.24, 2.45) is 7.05 Å². The van der Waals surface area contributed by atoms with E-state index in [4.69, 9.17) is 5.73 Å². The maximum atomic E-state index is 5.85. The van der Waals surface area contributed by atoms with Crippen LogP contribution in [-0.4, -0.2) is 20.0 Å². The summed E-state index contributed by atoms with van der Waals surface area (Å²) in [5, 5.41) is 11.3. The molecule has 0 bridgehead atoms. The summed E-state index contributed by atoms with van der Waals surface area (Å²) in [4.78, 5) is 0. The number of nitrogens with one attached hydrogen (secondary N) is 1. The van der Waals surface area contributed by atoms with Gasteiger partial charge >= 0.3 is 0 Å². The summed E-state index contributed by atoms with van der Waals surface area (Å²) in [6.07, 6.45) is 1.60. The van der Waals surface area contributed by atoms with Crippen LogP contribution in [-0.2, 0) is 7.05 Å². The second kappa shape index (κ2) is 4.03. The van der Waals surface area contributed by atoms with Crippen LogP contribution in [0, 0.1) is 0 Å². The van der Waals surface area contributed by atoms with Crippen LogP contribution in [0.5, 0.6) is 0 Å². The maximum absolute atomic E-state index is 5.85. The molecule has 3 aromatic rings. The number of hydrogen-bond donors (Lipinski definition) is 2. The molecule has 0 saturated heterocycles. The van der Waals surface area contributed by atoms with Gasteiger partial charge in [-0.05, 0) is 6.07 Å². The molecule has 0 aliphatic heterocycles. The number of aromatic nitrogens is 4. The van der Waals surface area contributed by atoms with Crippen molar-refractivity contribution in [2.45, 2.75) is 0 Å². The first-order valence-corrected chi connectivity index (χ1v) is 5.64. The fourth-order valence-electron chi connectivity index (χ4n) is 1.95. The van der Waals surface area contributed by atoms with Gasteiger partial charge in [0.15, 0.2) is 0 Å². The van der Waals surface area contributed by atoms with Gasteiger partial charge in [0, 0.05) is 12.6 Å². The third-order valence-electron chi connectivity index (χ3n) is 2.87. The molecule has 0 radical (unpaired) electrons. The summed E-state index contributed by atoms with van der Waals surface area (Å²) in [5.74, 6) is 0. The number of anilines is 1. The Morgan fingerprint density at radius 2 is 2.00 bits per heavy atom. The number of aryl methyl sites for hydroxylation is 1. The lowest BCUT2D eigenvalue weighted by atomic mass is 10.1. The zero-order valence-corrected chi connectivity index (χ0v) is 9.96. The van der Waals surface area contributed by atoms with Gasteiger partial charge in [-0.1, -0.05) is 30.3 Å². The molecule has 0 unspecified atom stereocenters. The van der Waals surface area contributed by atoms with Crippen LogP contribution >= 0.6 is 0 Å². The molecule has 0 saturated carbocycles. The molecule has 0 aliphatic carbocycles. The number of nitrogens with two attached hydrogens (primary N) is 1. The second-order valence-corrected chi connectivity index (χ2v) is 4.10. The van der Waals surface area contributed by atoms with Crippen molar-refractivity contribution in [3.8, 4) is 22.6 Å². The smallest absolute Gasteiger partial charge is 0.106 e. The van der Waals surface area contributed by atoms with E-state index in [-0.39, 0.29) is 0 Å². The predicted molar refractivity (Wildman–Crippen MR) is 70.6 cm³/mol. The van der Waals surface area contributed by atoms with Crippen molar-refractivity contribution in [3.63, 3.8) is 0 Å². The molecular weight excluding hydrogens is 226 g/mol. The predicted octanol–water partition coefficient (Wildman–Crippen LogP) is 2.06. The first-order valence-electron chi connectivity index (χ1n) is 5.64. The molecule has 1 aromatic carbocycles. The fourth-order valence-corrected chi connectivity index (χ4v) is 1.95. The third kappa shape index (κ3) is 1.66. The van der Waals surface area contributed by atoms with E-state index >= 15 is 0 Å². The summed E-state index contributed by atoms with van der Waals surface area (Å²) < 4.78 is 1.80. The topological polar surface area (TPSA) is 72.5 Å². The first-order chi connectivity index (χ1) is 8.75. The Kier molecular flexibility index (Phi) is 2.37. The van der Waals surface area contributed by atoms with Gasteiger partial charge in [0.25, 0.3) is 0 Å². The summed E-state index contributed by atoms with van der Waals surface area (Å²) in [6, 6.07) is 12.0. The SMILES string of the molecule is Cn1nc(-c2ccccc2)cc1-c1[nH]ncc1N. The van der Waals surface area contributed by atoms with E-state index in [0.717, 1.165) is 22.6 Å². The zero-order valence-electron chi connectivity index (χ0n) is 9.96. The highest BCUT2D eigenvalue weighted by atomic mass is 15.3. The second-order valence-electron chi connectivity index (χ2n) is 4.10. The van der Waals surface area contributed by atoms with Crippen LogP contribution < -0.4 is 5.73 Å². The molecule has 2 aromatic heterocycles. The molecule has 3 N–H and O–H groups in total. The molecule has 0 spiro atoms. The average Bonchev–Trinajstić information content (AvgIpc) is 2.96. The molecule has 90 valence electrons. The molecule has 5 heteroatoms. The number of hydrogen-bond acceptors (Lipinski definition) is 3. The van der Waals surface area contributed by atoms with Crippen molar-refractivity contribution in [1.29, 1.82) is 0 Å². The van der Waals surface area contributed by atoms with Gasteiger partial charge in [-0.2, -0.15) is 10.2 Å². The first kappa shape index (κ1) is 10.6. The van der Waals surface area contributed by atoms with Gasteiger partial charge in [-0.3, -0.25) is 9.78 Å². The van der Waals surface area contributed by atoms with Gasteiger partial charge in [-0.15, -0.1) is 0 Å². The van der Waals surface area contributed by atoms with Crippen molar-refractivity contribution < 1.29 is 0 Å². The molecule has 18 heavy (non-hydrogen) atoms. The fraction of sp³-hybridized carbons (Fsp3) is 0.0769. The van der Waals surface area contributed by atoms with Gasteiger partial charge in [0.2, 0.25) is 0 Å². The van der Waals surface area contributed by atoms with Gasteiger partial charge < -0.3 is 5.73 Å². The Morgan fingerprint density at radius 3 is 2.67 bits per heavy atom. The van der Waals surface area contributed by atoms with Crippen LogP contribution in [0.3, 0.4) is 0 Å². The molecule has 5 nitrogen and oxygen atoms in total. The molecule has 0 atom stereocenters. The van der Waals surface area contributed by atoms with Crippen LogP contribution in [0.2, 0.25) is 0 Å². The summed E-state index contributed by atoms with van der Waals surface area (Å²) >= 11 is 0. The van der Waals surface area contributed by atoms with Crippen molar-refractivity contribution in [1.82, 2.24) is 20.0 Å². The molecular formula is C13H13N5. The minimum absolute atomic E-state index is 0.623. The van der Waals surface area contributed by atoms with E-state index in [1.807, 2.05) is 43.4 Å². The molecule has 2 heterocycles. The Labute approximate surface area is 104 Å². The number of nitrogens with zero attached hydrogens (tertiary/aromatic N) is 3. The highest BCUT2D eigenvalue weighted by Gasteiger charge is 2.12. The van der Waals surface area contributed by atoms with E-state index in [9.17, 15) is 0 Å². The van der Waals surface area contributed by atoms with Crippen LogP contribution in [0.1, 0.15) is 0 Å². The van der Waals surface area contributed by atoms with Crippen molar-refractivity contribution in [3.05, 3.63) is 42.6 Å². The highest BCUT2D eigenvalue weighted by molar-refractivity contribution is 5.73. The number of benzene rings is 1. The molecule has 0 aliphatic rings. The average molecular weight is 239 g/mol. The van der Waals surface area contributed by atoms with Gasteiger partial charge in [0.1, 0.15) is 5.69 Å². The Hall–Kier alpha value is -2.56. The van der Waals surface area contributed by atoms with Crippen molar-refractivity contribution in [2.75, 3.05) is 5.73 Å². The normalized spacial score (nSPS) is 10.7. The van der Waals surface area contributed by atoms with Crippen LogP contribution in [0.15, 0.2) is 42.6 Å². The molecule has 3 rings (SSSR count). The lowest BCUT2D eigenvalue weighted by Crippen LogP contribution is -1.96. The summed E-state index contributed by atoms with van der Waals surface area (Å²) in [7, 11) is 1.89. The lowest BCUT2D eigenvalue weighted by molar-refractivity contribution is 0.776. The van der Waals surface area contributed by atoms with E-state index in [2.05, 4.69) is 15.3 Å². The molecule has 0 amide bonds. The number of aromatic amines is 1. The van der Waals surface area contributed by atoms with Crippen LogP contribution in [0.4, 0.5) is 5.69 Å². The summed E-state index contributed by atoms with van der Waals surface area (Å²) in [6.45, 7) is 0.